The predicted octanol–water partition coefficient (Wildman–Crippen LogP) is 3.40. The lowest BCUT2D eigenvalue weighted by Gasteiger charge is -2.31. The van der Waals surface area contributed by atoms with Crippen LogP contribution in [0.5, 0.6) is 0 Å². The second kappa shape index (κ2) is 6.89. The van der Waals surface area contributed by atoms with Crippen LogP contribution in [0.1, 0.15) is 46.3 Å². The van der Waals surface area contributed by atoms with Crippen LogP contribution in [0.25, 0.3) is 0 Å². The zero-order chi connectivity index (χ0) is 19.1. The maximum Gasteiger partial charge on any atom is 0.228 e. The maximum absolute atomic E-state index is 12.9. The van der Waals surface area contributed by atoms with Gasteiger partial charge in [-0.05, 0) is 44.9 Å². The summed E-state index contributed by atoms with van der Waals surface area (Å²) in [5.74, 6) is 1.63. The molecular formula is C20H29N3O3. The lowest BCUT2D eigenvalue weighted by Crippen LogP contribution is -2.42. The number of hydrogen-bond acceptors (Lipinski definition) is 4. The molecule has 1 aromatic rings. The van der Waals surface area contributed by atoms with Crippen LogP contribution in [0, 0.1) is 30.1 Å². The number of aromatic nitrogens is 1. The van der Waals surface area contributed by atoms with Crippen molar-refractivity contribution in [3.8, 4) is 0 Å². The first-order valence-electron chi connectivity index (χ1n) is 9.38. The molecule has 2 aliphatic rings. The largest absolute Gasteiger partial charge is 0.360 e. The zero-order valence-electron chi connectivity index (χ0n) is 16.3. The van der Waals surface area contributed by atoms with Gasteiger partial charge in [-0.2, -0.15) is 0 Å². The molecule has 0 aromatic carbocycles. The van der Waals surface area contributed by atoms with Crippen LogP contribution in [0.2, 0.25) is 0 Å². The number of piperidine rings is 1. The van der Waals surface area contributed by atoms with Crippen LogP contribution < -0.4 is 5.32 Å². The number of nitrogens with zero attached hydrogens (tertiary/aromatic N) is 2. The van der Waals surface area contributed by atoms with Crippen molar-refractivity contribution >= 4 is 17.6 Å². The molecule has 2 fully saturated rings. The van der Waals surface area contributed by atoms with E-state index in [0.717, 1.165) is 0 Å². The number of carbonyl (C=O) groups is 2. The van der Waals surface area contributed by atoms with E-state index in [2.05, 4.69) is 44.2 Å². The minimum atomic E-state index is -0.0863. The SMILES string of the molecule is CC(C)=C[C@@H]1[C@H](C(=O)N2CCC(C(=O)Nc3cc(C)on3)CC2)C1(C)C. The fourth-order valence-electron chi connectivity index (χ4n) is 4.03. The van der Waals surface area contributed by atoms with Gasteiger partial charge in [-0.3, -0.25) is 9.59 Å². The summed E-state index contributed by atoms with van der Waals surface area (Å²) < 4.78 is 4.97. The number of allylic oxidation sites excluding steroid dienone is 2. The van der Waals surface area contributed by atoms with E-state index in [1.807, 2.05) is 4.90 Å². The van der Waals surface area contributed by atoms with Crippen molar-refractivity contribution in [2.75, 3.05) is 18.4 Å². The third kappa shape index (κ3) is 3.69. The maximum atomic E-state index is 12.9. The van der Waals surface area contributed by atoms with E-state index in [1.54, 1.807) is 13.0 Å². The molecule has 26 heavy (non-hydrogen) atoms. The molecule has 2 amide bonds. The van der Waals surface area contributed by atoms with Gasteiger partial charge in [0.2, 0.25) is 11.8 Å². The van der Waals surface area contributed by atoms with Crippen LogP contribution in [0.3, 0.4) is 0 Å². The van der Waals surface area contributed by atoms with Crippen molar-refractivity contribution < 1.29 is 14.1 Å². The summed E-state index contributed by atoms with van der Waals surface area (Å²) in [6.45, 7) is 11.6. The second-order valence-corrected chi connectivity index (χ2v) is 8.48. The van der Waals surface area contributed by atoms with Gasteiger partial charge >= 0.3 is 0 Å². The number of amides is 2. The lowest BCUT2D eigenvalue weighted by molar-refractivity contribution is -0.136. The van der Waals surface area contributed by atoms with Crippen LogP contribution in [0.4, 0.5) is 5.82 Å². The van der Waals surface area contributed by atoms with Gasteiger partial charge in [0.1, 0.15) is 5.76 Å². The van der Waals surface area contributed by atoms with Crippen LogP contribution in [-0.4, -0.2) is 35.0 Å². The number of likely N-dealkylation sites (tertiary alicyclic amines) is 1. The normalized spacial score (nSPS) is 24.9. The summed E-state index contributed by atoms with van der Waals surface area (Å²) in [6.07, 6.45) is 3.60. The number of aryl methyl sites for hydroxylation is 1. The van der Waals surface area contributed by atoms with E-state index in [0.29, 0.717) is 43.4 Å². The molecule has 0 bridgehead atoms. The van der Waals surface area contributed by atoms with E-state index in [-0.39, 0.29) is 29.1 Å². The molecule has 2 atom stereocenters. The summed E-state index contributed by atoms with van der Waals surface area (Å²) in [5, 5.41) is 6.59. The first-order chi connectivity index (χ1) is 12.2. The smallest absolute Gasteiger partial charge is 0.228 e. The standard InChI is InChI=1S/C20H29N3O3/c1-12(2)10-15-17(20(15,4)5)19(25)23-8-6-14(7-9-23)18(24)21-16-11-13(3)26-22-16/h10-11,14-15,17H,6-9H2,1-5H3,(H,21,22,24)/t15-,17-/m1/s1. The van der Waals surface area contributed by atoms with Gasteiger partial charge < -0.3 is 14.7 Å². The van der Waals surface area contributed by atoms with Crippen molar-refractivity contribution in [3.05, 3.63) is 23.5 Å². The minimum Gasteiger partial charge on any atom is -0.360 e. The number of nitrogens with one attached hydrogen (secondary N) is 1. The summed E-state index contributed by atoms with van der Waals surface area (Å²) in [6, 6.07) is 1.70. The highest BCUT2D eigenvalue weighted by Gasteiger charge is 2.61. The fraction of sp³-hybridized carbons (Fsp3) is 0.650. The van der Waals surface area contributed by atoms with Crippen molar-refractivity contribution in [2.45, 2.75) is 47.5 Å². The van der Waals surface area contributed by atoms with E-state index in [1.165, 1.54) is 5.57 Å². The lowest BCUT2D eigenvalue weighted by atomic mass is 9.95. The Hall–Kier alpha value is -2.11. The van der Waals surface area contributed by atoms with E-state index < -0.39 is 0 Å². The van der Waals surface area contributed by atoms with Gasteiger partial charge in [-0.25, -0.2) is 0 Å². The quantitative estimate of drug-likeness (QED) is 0.836. The Bertz CT molecular complexity index is 722. The molecule has 3 rings (SSSR count). The van der Waals surface area contributed by atoms with Crippen molar-refractivity contribution in [2.24, 2.45) is 23.2 Å². The molecule has 1 saturated heterocycles. The topological polar surface area (TPSA) is 75.4 Å². The van der Waals surface area contributed by atoms with Gasteiger partial charge in [-0.1, -0.05) is 30.7 Å². The molecule has 6 heteroatoms. The van der Waals surface area contributed by atoms with Crippen LogP contribution >= 0.6 is 0 Å². The van der Waals surface area contributed by atoms with Gasteiger partial charge in [0.15, 0.2) is 5.82 Å². The Morgan fingerprint density at radius 2 is 1.96 bits per heavy atom. The molecule has 0 radical (unpaired) electrons. The van der Waals surface area contributed by atoms with E-state index >= 15 is 0 Å². The third-order valence-corrected chi connectivity index (χ3v) is 5.75. The van der Waals surface area contributed by atoms with Gasteiger partial charge in [-0.15, -0.1) is 0 Å². The van der Waals surface area contributed by atoms with Crippen LogP contribution in [-0.2, 0) is 9.59 Å². The molecule has 1 N–H and O–H groups in total. The average Bonchev–Trinajstić information content (AvgIpc) is 2.89. The Kier molecular flexibility index (Phi) is 4.95. The molecule has 1 aromatic heterocycles. The number of hydrogen-bond donors (Lipinski definition) is 1. The Balaban J connectivity index is 1.53. The average molecular weight is 359 g/mol. The number of rotatable bonds is 4. The highest BCUT2D eigenvalue weighted by molar-refractivity contribution is 5.92. The molecule has 1 saturated carbocycles. The Morgan fingerprint density at radius 1 is 1.31 bits per heavy atom. The predicted molar refractivity (Wildman–Crippen MR) is 99.4 cm³/mol. The second-order valence-electron chi connectivity index (χ2n) is 8.48. The van der Waals surface area contributed by atoms with Crippen LogP contribution in [0.15, 0.2) is 22.2 Å². The Labute approximate surface area is 155 Å². The van der Waals surface area contributed by atoms with Crippen molar-refractivity contribution in [3.63, 3.8) is 0 Å². The third-order valence-electron chi connectivity index (χ3n) is 5.75. The van der Waals surface area contributed by atoms with Crippen molar-refractivity contribution in [1.29, 1.82) is 0 Å². The van der Waals surface area contributed by atoms with E-state index in [4.69, 9.17) is 4.52 Å². The van der Waals surface area contributed by atoms with E-state index in [9.17, 15) is 9.59 Å². The minimum absolute atomic E-state index is 0.0351. The molecule has 6 nitrogen and oxygen atoms in total. The molecule has 0 spiro atoms. The van der Waals surface area contributed by atoms with Gasteiger partial charge in [0, 0.05) is 25.1 Å². The number of carbonyl (C=O) groups excluding carboxylic acids is 2. The first-order valence-corrected chi connectivity index (χ1v) is 9.38. The van der Waals surface area contributed by atoms with Gasteiger partial charge in [0.05, 0.1) is 5.92 Å². The molecular weight excluding hydrogens is 330 g/mol. The molecule has 1 aliphatic heterocycles. The zero-order valence-corrected chi connectivity index (χ0v) is 16.3. The number of anilines is 1. The summed E-state index contributed by atoms with van der Waals surface area (Å²) >= 11 is 0. The molecule has 2 heterocycles. The molecule has 0 unspecified atom stereocenters. The summed E-state index contributed by atoms with van der Waals surface area (Å²) in [7, 11) is 0. The van der Waals surface area contributed by atoms with Gasteiger partial charge in [0.25, 0.3) is 0 Å². The Morgan fingerprint density at radius 3 is 2.50 bits per heavy atom. The summed E-state index contributed by atoms with van der Waals surface area (Å²) in [4.78, 5) is 27.2. The molecule has 1 aliphatic carbocycles. The molecule has 142 valence electrons. The monoisotopic (exact) mass is 359 g/mol. The van der Waals surface area contributed by atoms with Crippen molar-refractivity contribution in [1.82, 2.24) is 10.1 Å². The first kappa shape index (κ1) is 18.7. The summed E-state index contributed by atoms with van der Waals surface area (Å²) in [5.41, 5.74) is 1.30. The fourth-order valence-corrected chi connectivity index (χ4v) is 4.03. The highest BCUT2D eigenvalue weighted by Crippen LogP contribution is 2.60. The highest BCUT2D eigenvalue weighted by atomic mass is 16.5.